The number of para-hydroxylation sites is 1. The molecule has 1 N–H and O–H groups in total. The highest BCUT2D eigenvalue weighted by Crippen LogP contribution is 2.19. The van der Waals surface area contributed by atoms with E-state index >= 15 is 0 Å². The predicted molar refractivity (Wildman–Crippen MR) is 93.3 cm³/mol. The van der Waals surface area contributed by atoms with Crippen LogP contribution in [-0.2, 0) is 0 Å². The van der Waals surface area contributed by atoms with E-state index in [-0.39, 0.29) is 5.75 Å². The van der Waals surface area contributed by atoms with Crippen LogP contribution >= 0.6 is 12.2 Å². The van der Waals surface area contributed by atoms with Crippen LogP contribution in [0.3, 0.4) is 0 Å². The molecule has 0 spiro atoms. The monoisotopic (exact) mass is 334 g/mol. The molecule has 0 atom stereocenters. The largest absolute Gasteiger partial charge is 0.435 e. The van der Waals surface area contributed by atoms with Gasteiger partial charge in [0.2, 0.25) is 0 Å². The molecule has 0 aliphatic carbocycles. The van der Waals surface area contributed by atoms with Crippen LogP contribution in [0.2, 0.25) is 0 Å². The minimum absolute atomic E-state index is 0.0995. The molecule has 120 valence electrons. The van der Waals surface area contributed by atoms with Crippen molar-refractivity contribution in [3.63, 3.8) is 0 Å². The molecule has 0 aromatic heterocycles. The van der Waals surface area contributed by atoms with Gasteiger partial charge in [0, 0.05) is 17.9 Å². The number of hydrogen-bond donors (Lipinski definition) is 1. The number of anilines is 2. The second kappa shape index (κ2) is 8.24. The van der Waals surface area contributed by atoms with Gasteiger partial charge in [-0.3, -0.25) is 0 Å². The standard InChI is InChI=1S/C17H16F2N2OS/c1-2-12-21(14-6-4-3-5-7-14)17(23)20-13-8-10-15(11-9-13)22-16(18)19/h2-11,16H,1,12H2,(H,20,23). The minimum atomic E-state index is -2.84. The summed E-state index contributed by atoms with van der Waals surface area (Å²) in [6.45, 7) is 1.45. The lowest BCUT2D eigenvalue weighted by Crippen LogP contribution is -2.34. The lowest BCUT2D eigenvalue weighted by Gasteiger charge is -2.24. The third-order valence-electron chi connectivity index (χ3n) is 2.96. The minimum Gasteiger partial charge on any atom is -0.435 e. The van der Waals surface area contributed by atoms with Crippen LogP contribution in [0, 0.1) is 0 Å². The summed E-state index contributed by atoms with van der Waals surface area (Å²) in [6, 6.07) is 15.8. The number of nitrogens with one attached hydrogen (secondary N) is 1. The van der Waals surface area contributed by atoms with Crippen LogP contribution in [0.4, 0.5) is 20.2 Å². The summed E-state index contributed by atoms with van der Waals surface area (Å²) in [5, 5.41) is 3.56. The van der Waals surface area contributed by atoms with Crippen LogP contribution in [0.15, 0.2) is 67.3 Å². The number of hydrogen-bond acceptors (Lipinski definition) is 2. The van der Waals surface area contributed by atoms with Crippen molar-refractivity contribution in [2.75, 3.05) is 16.8 Å². The van der Waals surface area contributed by atoms with Gasteiger partial charge in [-0.1, -0.05) is 24.3 Å². The Balaban J connectivity index is 2.08. The SMILES string of the molecule is C=CCN(C(=S)Nc1ccc(OC(F)F)cc1)c1ccccc1. The maximum Gasteiger partial charge on any atom is 0.387 e. The third kappa shape index (κ3) is 5.03. The summed E-state index contributed by atoms with van der Waals surface area (Å²) in [5.74, 6) is 0.0995. The van der Waals surface area contributed by atoms with Gasteiger partial charge in [-0.05, 0) is 48.6 Å². The van der Waals surface area contributed by atoms with Gasteiger partial charge in [0.25, 0.3) is 0 Å². The lowest BCUT2D eigenvalue weighted by atomic mass is 10.3. The van der Waals surface area contributed by atoms with E-state index in [1.807, 2.05) is 35.2 Å². The highest BCUT2D eigenvalue weighted by atomic mass is 32.1. The Morgan fingerprint density at radius 1 is 1.17 bits per heavy atom. The van der Waals surface area contributed by atoms with Crippen molar-refractivity contribution < 1.29 is 13.5 Å². The average Bonchev–Trinajstić information content (AvgIpc) is 2.54. The zero-order valence-electron chi connectivity index (χ0n) is 12.3. The van der Waals surface area contributed by atoms with Crippen LogP contribution in [0.5, 0.6) is 5.75 Å². The fraction of sp³-hybridized carbons (Fsp3) is 0.118. The van der Waals surface area contributed by atoms with Crippen molar-refractivity contribution >= 4 is 28.7 Å². The molecule has 2 aromatic rings. The van der Waals surface area contributed by atoms with Crippen molar-refractivity contribution in [1.82, 2.24) is 0 Å². The molecule has 0 unspecified atom stereocenters. The van der Waals surface area contributed by atoms with Crippen LogP contribution in [0.1, 0.15) is 0 Å². The quantitative estimate of drug-likeness (QED) is 0.612. The molecule has 2 aromatic carbocycles. The van der Waals surface area contributed by atoms with E-state index in [1.165, 1.54) is 12.1 Å². The van der Waals surface area contributed by atoms with Crippen molar-refractivity contribution in [3.05, 3.63) is 67.3 Å². The Morgan fingerprint density at radius 2 is 1.83 bits per heavy atom. The number of thiocarbonyl (C=S) groups is 1. The van der Waals surface area contributed by atoms with E-state index in [2.05, 4.69) is 16.6 Å². The van der Waals surface area contributed by atoms with Crippen molar-refractivity contribution in [1.29, 1.82) is 0 Å². The van der Waals surface area contributed by atoms with Gasteiger partial charge in [0.1, 0.15) is 5.75 Å². The molecular weight excluding hydrogens is 318 g/mol. The van der Waals surface area contributed by atoms with E-state index in [0.717, 1.165) is 5.69 Å². The summed E-state index contributed by atoms with van der Waals surface area (Å²) in [6.07, 6.45) is 1.75. The van der Waals surface area contributed by atoms with E-state index in [4.69, 9.17) is 12.2 Å². The van der Waals surface area contributed by atoms with Crippen LogP contribution < -0.4 is 15.0 Å². The molecule has 23 heavy (non-hydrogen) atoms. The molecule has 0 heterocycles. The maximum absolute atomic E-state index is 12.1. The second-order valence-corrected chi connectivity index (χ2v) is 4.95. The van der Waals surface area contributed by atoms with Gasteiger partial charge in [-0.15, -0.1) is 6.58 Å². The van der Waals surface area contributed by atoms with E-state index < -0.39 is 6.61 Å². The normalized spacial score (nSPS) is 10.2. The van der Waals surface area contributed by atoms with Gasteiger partial charge in [-0.2, -0.15) is 8.78 Å². The Hall–Kier alpha value is -2.47. The lowest BCUT2D eigenvalue weighted by molar-refractivity contribution is -0.0498. The maximum atomic E-state index is 12.1. The summed E-state index contributed by atoms with van der Waals surface area (Å²) in [4.78, 5) is 1.88. The van der Waals surface area contributed by atoms with E-state index in [9.17, 15) is 8.78 Å². The number of alkyl halides is 2. The molecule has 0 aliphatic rings. The summed E-state index contributed by atoms with van der Waals surface area (Å²) >= 11 is 5.42. The zero-order valence-corrected chi connectivity index (χ0v) is 13.1. The molecule has 3 nitrogen and oxygen atoms in total. The smallest absolute Gasteiger partial charge is 0.387 e. The molecule has 0 amide bonds. The summed E-state index contributed by atoms with van der Waals surface area (Å²) < 4.78 is 28.6. The van der Waals surface area contributed by atoms with E-state index in [1.54, 1.807) is 18.2 Å². The fourth-order valence-electron chi connectivity index (χ4n) is 1.95. The number of ether oxygens (including phenoxy) is 1. The average molecular weight is 334 g/mol. The molecule has 0 radical (unpaired) electrons. The Kier molecular flexibility index (Phi) is 6.05. The number of benzene rings is 2. The fourth-order valence-corrected chi connectivity index (χ4v) is 2.25. The number of rotatable bonds is 6. The highest BCUT2D eigenvalue weighted by Gasteiger charge is 2.11. The van der Waals surface area contributed by atoms with Gasteiger partial charge in [0.15, 0.2) is 5.11 Å². The highest BCUT2D eigenvalue weighted by molar-refractivity contribution is 7.80. The first-order chi connectivity index (χ1) is 11.1. The second-order valence-electron chi connectivity index (χ2n) is 4.57. The van der Waals surface area contributed by atoms with Crippen molar-refractivity contribution in [3.8, 4) is 5.75 Å². The number of nitrogens with zero attached hydrogens (tertiary/aromatic N) is 1. The first kappa shape index (κ1) is 16.9. The van der Waals surface area contributed by atoms with E-state index in [0.29, 0.717) is 17.3 Å². The van der Waals surface area contributed by atoms with Gasteiger partial charge >= 0.3 is 6.61 Å². The molecule has 0 aliphatic heterocycles. The molecule has 0 saturated heterocycles. The molecular formula is C17H16F2N2OS. The zero-order chi connectivity index (χ0) is 16.7. The Labute approximate surface area is 139 Å². The molecule has 2 rings (SSSR count). The Morgan fingerprint density at radius 3 is 2.39 bits per heavy atom. The first-order valence-corrected chi connectivity index (χ1v) is 7.30. The van der Waals surface area contributed by atoms with Crippen LogP contribution in [-0.4, -0.2) is 18.3 Å². The van der Waals surface area contributed by atoms with Crippen LogP contribution in [0.25, 0.3) is 0 Å². The van der Waals surface area contributed by atoms with Gasteiger partial charge in [-0.25, -0.2) is 0 Å². The summed E-state index contributed by atoms with van der Waals surface area (Å²) in [5.41, 5.74) is 1.61. The van der Waals surface area contributed by atoms with Crippen molar-refractivity contribution in [2.45, 2.75) is 6.61 Å². The Bertz CT molecular complexity index is 647. The van der Waals surface area contributed by atoms with Crippen molar-refractivity contribution in [2.24, 2.45) is 0 Å². The molecule has 0 bridgehead atoms. The summed E-state index contributed by atoms with van der Waals surface area (Å²) in [7, 11) is 0. The first-order valence-electron chi connectivity index (χ1n) is 6.89. The molecule has 0 fully saturated rings. The molecule has 0 saturated carbocycles. The predicted octanol–water partition coefficient (Wildman–Crippen LogP) is 4.68. The number of halogens is 2. The third-order valence-corrected chi connectivity index (χ3v) is 3.28. The van der Waals surface area contributed by atoms with Gasteiger partial charge in [0.05, 0.1) is 0 Å². The van der Waals surface area contributed by atoms with Gasteiger partial charge < -0.3 is 15.0 Å². The molecule has 6 heteroatoms. The topological polar surface area (TPSA) is 24.5 Å².